The zero-order valence-corrected chi connectivity index (χ0v) is 15.6. The topological polar surface area (TPSA) is 57.3 Å². The van der Waals surface area contributed by atoms with E-state index in [2.05, 4.69) is 15.6 Å². The summed E-state index contributed by atoms with van der Waals surface area (Å²) < 4.78 is 38.8. The number of nitrogens with one attached hydrogen (secondary N) is 2. The zero-order chi connectivity index (χ0) is 20.1. The Balaban J connectivity index is 1.76. The Labute approximate surface area is 162 Å². The Morgan fingerprint density at radius 2 is 1.96 bits per heavy atom. The van der Waals surface area contributed by atoms with Crippen LogP contribution in [0.1, 0.15) is 28.8 Å². The van der Waals surface area contributed by atoms with Crippen molar-refractivity contribution in [2.24, 2.45) is 5.92 Å². The predicted octanol–water partition coefficient (Wildman–Crippen LogP) is 3.92. The number of nitrogens with zero attached hydrogens (tertiary/aromatic N) is 2. The minimum atomic E-state index is -4.43. The van der Waals surface area contributed by atoms with Gasteiger partial charge in [0.15, 0.2) is 0 Å². The largest absolute Gasteiger partial charge is 0.416 e. The number of amides is 1. The fraction of sp³-hybridized carbons (Fsp3) is 0.400. The van der Waals surface area contributed by atoms with Crippen molar-refractivity contribution in [1.29, 1.82) is 0 Å². The van der Waals surface area contributed by atoms with Gasteiger partial charge in [-0.05, 0) is 62.7 Å². The molecule has 0 unspecified atom stereocenters. The van der Waals surface area contributed by atoms with Crippen LogP contribution in [0.2, 0.25) is 0 Å². The van der Waals surface area contributed by atoms with E-state index >= 15 is 0 Å². The lowest BCUT2D eigenvalue weighted by Gasteiger charge is -2.32. The van der Waals surface area contributed by atoms with Crippen LogP contribution >= 0.6 is 0 Å². The van der Waals surface area contributed by atoms with Crippen LogP contribution in [-0.4, -0.2) is 42.5 Å². The van der Waals surface area contributed by atoms with Gasteiger partial charge in [-0.1, -0.05) is 6.07 Å². The SMILES string of the molecule is CNCC1CCN(C(=O)c2cccnc2Nc2cccc(C(F)(F)F)c2)CC1. The minimum Gasteiger partial charge on any atom is -0.340 e. The number of carbonyl (C=O) groups is 1. The molecule has 1 fully saturated rings. The molecule has 1 aliphatic heterocycles. The van der Waals surface area contributed by atoms with Gasteiger partial charge in [-0.25, -0.2) is 4.98 Å². The third kappa shape index (κ3) is 4.81. The van der Waals surface area contributed by atoms with Gasteiger partial charge in [0, 0.05) is 25.0 Å². The van der Waals surface area contributed by atoms with Gasteiger partial charge in [0.25, 0.3) is 5.91 Å². The van der Waals surface area contributed by atoms with E-state index in [-0.39, 0.29) is 17.4 Å². The number of likely N-dealkylation sites (tertiary alicyclic amines) is 1. The maximum atomic E-state index is 13.0. The summed E-state index contributed by atoms with van der Waals surface area (Å²) in [6.45, 7) is 2.24. The lowest BCUT2D eigenvalue weighted by atomic mass is 9.96. The highest BCUT2D eigenvalue weighted by atomic mass is 19.4. The Hall–Kier alpha value is -2.61. The second-order valence-electron chi connectivity index (χ2n) is 6.90. The number of hydrogen-bond donors (Lipinski definition) is 2. The number of rotatable bonds is 5. The molecule has 0 radical (unpaired) electrons. The molecule has 3 rings (SSSR count). The van der Waals surface area contributed by atoms with Gasteiger partial charge in [-0.15, -0.1) is 0 Å². The van der Waals surface area contributed by atoms with Gasteiger partial charge >= 0.3 is 6.18 Å². The smallest absolute Gasteiger partial charge is 0.340 e. The Kier molecular flexibility index (Phi) is 6.18. The zero-order valence-electron chi connectivity index (χ0n) is 15.6. The molecule has 8 heteroatoms. The van der Waals surface area contributed by atoms with Crippen LogP contribution in [0.3, 0.4) is 0 Å². The molecule has 0 aliphatic carbocycles. The molecule has 150 valence electrons. The quantitative estimate of drug-likeness (QED) is 0.810. The van der Waals surface area contributed by atoms with E-state index in [0.717, 1.165) is 31.5 Å². The highest BCUT2D eigenvalue weighted by molar-refractivity contribution is 5.99. The first-order chi connectivity index (χ1) is 13.4. The molecular weight excluding hydrogens is 369 g/mol. The van der Waals surface area contributed by atoms with Crippen molar-refractivity contribution < 1.29 is 18.0 Å². The van der Waals surface area contributed by atoms with E-state index in [4.69, 9.17) is 0 Å². The maximum Gasteiger partial charge on any atom is 0.416 e. The highest BCUT2D eigenvalue weighted by Crippen LogP contribution is 2.31. The van der Waals surface area contributed by atoms with E-state index < -0.39 is 11.7 Å². The summed E-state index contributed by atoms with van der Waals surface area (Å²) in [6, 6.07) is 8.14. The van der Waals surface area contributed by atoms with Crippen molar-refractivity contribution in [2.45, 2.75) is 19.0 Å². The van der Waals surface area contributed by atoms with Crippen molar-refractivity contribution in [3.05, 3.63) is 53.7 Å². The third-order valence-corrected chi connectivity index (χ3v) is 4.89. The van der Waals surface area contributed by atoms with Crippen molar-refractivity contribution in [3.8, 4) is 0 Å². The predicted molar refractivity (Wildman–Crippen MR) is 102 cm³/mol. The summed E-state index contributed by atoms with van der Waals surface area (Å²) in [4.78, 5) is 18.9. The van der Waals surface area contributed by atoms with Crippen LogP contribution in [0.15, 0.2) is 42.6 Å². The molecule has 1 aromatic carbocycles. The Morgan fingerprint density at radius 1 is 1.21 bits per heavy atom. The van der Waals surface area contributed by atoms with Gasteiger partial charge in [0.2, 0.25) is 0 Å². The summed E-state index contributed by atoms with van der Waals surface area (Å²) in [7, 11) is 1.92. The number of benzene rings is 1. The van der Waals surface area contributed by atoms with Crippen molar-refractivity contribution in [2.75, 3.05) is 32.0 Å². The summed E-state index contributed by atoms with van der Waals surface area (Å²) in [5.74, 6) is 0.639. The number of anilines is 2. The molecule has 2 aromatic rings. The van der Waals surface area contributed by atoms with Crippen LogP contribution in [0.5, 0.6) is 0 Å². The summed E-state index contributed by atoms with van der Waals surface area (Å²) in [6.07, 6.45) is -1.09. The number of hydrogen-bond acceptors (Lipinski definition) is 4. The van der Waals surface area contributed by atoms with Crippen LogP contribution in [0.25, 0.3) is 0 Å². The fourth-order valence-electron chi connectivity index (χ4n) is 3.39. The van der Waals surface area contributed by atoms with E-state index in [1.165, 1.54) is 18.3 Å². The average molecular weight is 392 g/mol. The first-order valence-electron chi connectivity index (χ1n) is 9.21. The highest BCUT2D eigenvalue weighted by Gasteiger charge is 2.30. The van der Waals surface area contributed by atoms with E-state index in [9.17, 15) is 18.0 Å². The summed E-state index contributed by atoms with van der Waals surface area (Å²) in [5, 5.41) is 6.03. The van der Waals surface area contributed by atoms with Gasteiger partial charge in [-0.3, -0.25) is 4.79 Å². The first kappa shape index (κ1) is 20.1. The maximum absolute atomic E-state index is 13.0. The number of piperidine rings is 1. The third-order valence-electron chi connectivity index (χ3n) is 4.89. The molecule has 28 heavy (non-hydrogen) atoms. The van der Waals surface area contributed by atoms with Crippen LogP contribution < -0.4 is 10.6 Å². The molecule has 1 aromatic heterocycles. The lowest BCUT2D eigenvalue weighted by molar-refractivity contribution is -0.137. The molecule has 1 saturated heterocycles. The molecular formula is C20H23F3N4O. The van der Waals surface area contributed by atoms with Crippen molar-refractivity contribution >= 4 is 17.4 Å². The van der Waals surface area contributed by atoms with Gasteiger partial charge in [-0.2, -0.15) is 13.2 Å². The monoisotopic (exact) mass is 392 g/mol. The molecule has 0 bridgehead atoms. The molecule has 2 N–H and O–H groups in total. The van der Waals surface area contributed by atoms with Crippen LogP contribution in [0, 0.1) is 5.92 Å². The van der Waals surface area contributed by atoms with Crippen molar-refractivity contribution in [3.63, 3.8) is 0 Å². The minimum absolute atomic E-state index is 0.162. The molecule has 1 aliphatic rings. The lowest BCUT2D eigenvalue weighted by Crippen LogP contribution is -2.40. The molecule has 0 atom stereocenters. The molecule has 5 nitrogen and oxygen atoms in total. The number of pyridine rings is 1. The van der Waals surface area contributed by atoms with Gasteiger partial charge in [0.05, 0.1) is 11.1 Å². The molecule has 0 saturated carbocycles. The second-order valence-corrected chi connectivity index (χ2v) is 6.90. The van der Waals surface area contributed by atoms with Gasteiger partial charge < -0.3 is 15.5 Å². The van der Waals surface area contributed by atoms with Crippen LogP contribution in [-0.2, 0) is 6.18 Å². The summed E-state index contributed by atoms with van der Waals surface area (Å²) >= 11 is 0. The molecule has 2 heterocycles. The van der Waals surface area contributed by atoms with E-state index in [1.807, 2.05) is 7.05 Å². The average Bonchev–Trinajstić information content (AvgIpc) is 2.68. The fourth-order valence-corrected chi connectivity index (χ4v) is 3.39. The van der Waals surface area contributed by atoms with Crippen molar-refractivity contribution in [1.82, 2.24) is 15.2 Å². The Bertz CT molecular complexity index is 817. The van der Waals surface area contributed by atoms with Crippen LogP contribution in [0.4, 0.5) is 24.7 Å². The normalized spacial score (nSPS) is 15.5. The number of halogens is 3. The first-order valence-corrected chi connectivity index (χ1v) is 9.21. The molecule has 1 amide bonds. The molecule has 0 spiro atoms. The Morgan fingerprint density at radius 3 is 2.64 bits per heavy atom. The van der Waals surface area contributed by atoms with E-state index in [1.54, 1.807) is 17.0 Å². The van der Waals surface area contributed by atoms with Gasteiger partial charge in [0.1, 0.15) is 5.82 Å². The standard InChI is InChI=1S/C20H23F3N4O/c1-24-13-14-7-10-27(11-8-14)19(28)17-6-3-9-25-18(17)26-16-5-2-4-15(12-16)20(21,22)23/h2-6,9,12,14,24H,7-8,10-11,13H2,1H3,(H,25,26). The number of aromatic nitrogens is 1. The summed E-state index contributed by atoms with van der Waals surface area (Å²) in [5.41, 5.74) is -0.171. The van der Waals surface area contributed by atoms with E-state index in [0.29, 0.717) is 24.6 Å². The number of carbonyl (C=O) groups excluding carboxylic acids is 1. The second kappa shape index (κ2) is 8.60. The number of alkyl halides is 3.